The molecule has 0 bridgehead atoms. The van der Waals surface area contributed by atoms with Gasteiger partial charge in [-0.05, 0) is 13.8 Å². The van der Waals surface area contributed by atoms with Crippen LogP contribution in [-0.2, 0) is 14.3 Å². The molecule has 0 saturated heterocycles. The van der Waals surface area contributed by atoms with Crippen LogP contribution in [0.15, 0.2) is 0 Å². The zero-order chi connectivity index (χ0) is 8.15. The molecule has 0 spiro atoms. The number of hydrogen-bond acceptors (Lipinski definition) is 3. The SMILES string of the molecule is CC(=O)CC(=O)OC(C)[SiH3]. The van der Waals surface area contributed by atoms with Gasteiger partial charge < -0.3 is 4.74 Å². The Hall–Kier alpha value is -0.643. The highest BCUT2D eigenvalue weighted by Crippen LogP contribution is 1.90. The van der Waals surface area contributed by atoms with Crippen LogP contribution in [-0.4, -0.2) is 27.7 Å². The van der Waals surface area contributed by atoms with Crippen LogP contribution >= 0.6 is 0 Å². The number of carbonyl (C=O) groups is 2. The Morgan fingerprint density at radius 3 is 2.40 bits per heavy atom. The summed E-state index contributed by atoms with van der Waals surface area (Å²) < 4.78 is 4.76. The van der Waals surface area contributed by atoms with E-state index in [1.54, 1.807) is 0 Å². The van der Waals surface area contributed by atoms with E-state index in [0.29, 0.717) is 0 Å². The molecule has 3 nitrogen and oxygen atoms in total. The highest BCUT2D eigenvalue weighted by atomic mass is 28.1. The van der Waals surface area contributed by atoms with Crippen molar-refractivity contribution >= 4 is 22.0 Å². The molecule has 0 amide bonds. The Balaban J connectivity index is 3.54. The molecule has 1 unspecified atom stereocenters. The van der Waals surface area contributed by atoms with Crippen LogP contribution in [0.25, 0.3) is 0 Å². The average molecular weight is 160 g/mol. The summed E-state index contributed by atoms with van der Waals surface area (Å²) in [6.07, 6.45) is -0.0907. The van der Waals surface area contributed by atoms with Crippen molar-refractivity contribution in [2.75, 3.05) is 0 Å². The molecule has 0 aromatic heterocycles. The Labute approximate surface area is 63.2 Å². The summed E-state index contributed by atoms with van der Waals surface area (Å²) in [5, 5.41) is 0. The lowest BCUT2D eigenvalue weighted by Crippen LogP contribution is -2.16. The van der Waals surface area contributed by atoms with Gasteiger partial charge in [0.25, 0.3) is 0 Å². The Bertz CT molecular complexity index is 142. The van der Waals surface area contributed by atoms with Gasteiger partial charge in [0.1, 0.15) is 12.2 Å². The van der Waals surface area contributed by atoms with Gasteiger partial charge in [-0.1, -0.05) is 0 Å². The first-order valence-electron chi connectivity index (χ1n) is 3.21. The van der Waals surface area contributed by atoms with E-state index in [-0.39, 0.29) is 17.9 Å². The van der Waals surface area contributed by atoms with Gasteiger partial charge in [0, 0.05) is 0 Å². The fourth-order valence-corrected chi connectivity index (χ4v) is 0.771. The second-order valence-corrected chi connectivity index (χ2v) is 4.04. The Morgan fingerprint density at radius 2 is 2.10 bits per heavy atom. The third-order valence-electron chi connectivity index (χ3n) is 0.760. The molecule has 58 valence electrons. The molecule has 0 aliphatic heterocycles. The van der Waals surface area contributed by atoms with E-state index in [4.69, 9.17) is 4.74 Å². The first-order valence-corrected chi connectivity index (χ1v) is 4.36. The van der Waals surface area contributed by atoms with Gasteiger partial charge >= 0.3 is 5.97 Å². The topological polar surface area (TPSA) is 43.4 Å². The van der Waals surface area contributed by atoms with Crippen LogP contribution < -0.4 is 0 Å². The largest absolute Gasteiger partial charge is 0.467 e. The predicted molar refractivity (Wildman–Crippen MR) is 40.8 cm³/mol. The van der Waals surface area contributed by atoms with Crippen molar-refractivity contribution in [1.82, 2.24) is 0 Å². The summed E-state index contributed by atoms with van der Waals surface area (Å²) in [5.41, 5.74) is 0.00634. The molecule has 4 heteroatoms. The zero-order valence-corrected chi connectivity index (χ0v) is 8.51. The number of hydrogen-bond donors (Lipinski definition) is 0. The van der Waals surface area contributed by atoms with Gasteiger partial charge in [-0.3, -0.25) is 9.59 Å². The molecule has 10 heavy (non-hydrogen) atoms. The number of ketones is 1. The normalized spacial score (nSPS) is 12.6. The summed E-state index contributed by atoms with van der Waals surface area (Å²) in [5.74, 6) is -0.553. The first-order chi connectivity index (χ1) is 4.52. The molecule has 0 radical (unpaired) electrons. The Morgan fingerprint density at radius 1 is 1.60 bits per heavy atom. The maximum absolute atomic E-state index is 10.6. The summed E-state index contributed by atoms with van der Waals surface area (Å²) in [6.45, 7) is 3.18. The second-order valence-electron chi connectivity index (χ2n) is 2.42. The van der Waals surface area contributed by atoms with Crippen molar-refractivity contribution in [3.63, 3.8) is 0 Å². The smallest absolute Gasteiger partial charge is 0.313 e. The summed E-state index contributed by atoms with van der Waals surface area (Å²) in [6, 6.07) is 0. The van der Waals surface area contributed by atoms with E-state index >= 15 is 0 Å². The highest BCUT2D eigenvalue weighted by Gasteiger charge is 2.06. The molecule has 1 atom stereocenters. The lowest BCUT2D eigenvalue weighted by atomic mass is 10.3. The zero-order valence-electron chi connectivity index (χ0n) is 6.51. The predicted octanol–water partition coefficient (Wildman–Crippen LogP) is -0.780. The van der Waals surface area contributed by atoms with E-state index in [1.165, 1.54) is 6.92 Å². The van der Waals surface area contributed by atoms with Crippen LogP contribution in [0.1, 0.15) is 20.3 Å². The van der Waals surface area contributed by atoms with Crippen molar-refractivity contribution in [3.05, 3.63) is 0 Å². The molecule has 0 rings (SSSR count). The Kier molecular flexibility index (Phi) is 3.95. The third kappa shape index (κ3) is 5.49. The van der Waals surface area contributed by atoms with E-state index < -0.39 is 5.97 Å². The lowest BCUT2D eigenvalue weighted by Gasteiger charge is -2.05. The van der Waals surface area contributed by atoms with Gasteiger partial charge in [-0.2, -0.15) is 0 Å². The van der Waals surface area contributed by atoms with Crippen LogP contribution in [0.5, 0.6) is 0 Å². The highest BCUT2D eigenvalue weighted by molar-refractivity contribution is 6.11. The molecule has 0 aliphatic rings. The van der Waals surface area contributed by atoms with Crippen LogP contribution in [0.3, 0.4) is 0 Å². The van der Waals surface area contributed by atoms with Crippen molar-refractivity contribution in [1.29, 1.82) is 0 Å². The minimum absolute atomic E-state index is 0.00634. The minimum atomic E-state index is -0.407. The van der Waals surface area contributed by atoms with Crippen molar-refractivity contribution in [2.24, 2.45) is 0 Å². The minimum Gasteiger partial charge on any atom is -0.467 e. The average Bonchev–Trinajstić information content (AvgIpc) is 1.58. The molecule has 0 saturated carbocycles. The van der Waals surface area contributed by atoms with E-state index in [2.05, 4.69) is 0 Å². The summed E-state index contributed by atoms with van der Waals surface area (Å²) >= 11 is 0. The fraction of sp³-hybridized carbons (Fsp3) is 0.667. The van der Waals surface area contributed by atoms with E-state index in [0.717, 1.165) is 10.2 Å². The van der Waals surface area contributed by atoms with E-state index in [1.807, 2.05) is 6.92 Å². The molecule has 0 N–H and O–H groups in total. The van der Waals surface area contributed by atoms with Crippen LogP contribution in [0, 0.1) is 0 Å². The maximum atomic E-state index is 10.6. The van der Waals surface area contributed by atoms with Gasteiger partial charge in [0.2, 0.25) is 0 Å². The van der Waals surface area contributed by atoms with Gasteiger partial charge in [0.05, 0.1) is 16.0 Å². The maximum Gasteiger partial charge on any atom is 0.313 e. The van der Waals surface area contributed by atoms with Crippen LogP contribution in [0.4, 0.5) is 0 Å². The van der Waals surface area contributed by atoms with Crippen LogP contribution in [0.2, 0.25) is 0 Å². The number of rotatable bonds is 3. The van der Waals surface area contributed by atoms with Gasteiger partial charge in [0.15, 0.2) is 0 Å². The number of ether oxygens (including phenoxy) is 1. The second kappa shape index (κ2) is 4.22. The standard InChI is InChI=1S/C6H12O3Si/c1-4(7)3-6(8)9-5(2)10/h5H,3H2,1-2,10H3. The third-order valence-corrected chi connectivity index (χ3v) is 0.996. The van der Waals surface area contributed by atoms with Gasteiger partial charge in [-0.25, -0.2) is 0 Å². The number of carbonyl (C=O) groups excluding carboxylic acids is 2. The lowest BCUT2D eigenvalue weighted by molar-refractivity contribution is -0.146. The molecular weight excluding hydrogens is 148 g/mol. The molecule has 0 aromatic rings. The fourth-order valence-electron chi connectivity index (χ4n) is 0.508. The molecule has 0 fully saturated rings. The monoisotopic (exact) mass is 160 g/mol. The quantitative estimate of drug-likeness (QED) is 0.309. The molecule has 0 aliphatic carbocycles. The summed E-state index contributed by atoms with van der Waals surface area (Å²) in [4.78, 5) is 21.0. The van der Waals surface area contributed by atoms with Crippen molar-refractivity contribution in [2.45, 2.75) is 26.0 Å². The van der Waals surface area contributed by atoms with Gasteiger partial charge in [-0.15, -0.1) is 0 Å². The molecule has 0 aromatic carbocycles. The molecule has 0 heterocycles. The van der Waals surface area contributed by atoms with Crippen molar-refractivity contribution in [3.8, 4) is 0 Å². The van der Waals surface area contributed by atoms with E-state index in [9.17, 15) is 9.59 Å². The number of Topliss-reactive ketones (excluding diaryl/α,β-unsaturated/α-hetero) is 1. The summed E-state index contributed by atoms with van der Waals surface area (Å²) in [7, 11) is 0.813. The molecular formula is C6H12O3Si. The van der Waals surface area contributed by atoms with Crippen molar-refractivity contribution < 1.29 is 14.3 Å². The number of esters is 1. The first kappa shape index (κ1) is 9.36.